The molecule has 0 nitrogen and oxygen atoms in total. The standard InChI is InChI=1S/C66H16Cl2Si2/c1-69(2,67)5-65-59-51-42-35-22-15-9-10-12-8-7-11(9)20(22)26-24-13(7)17-14(8)25-27-21(12)23-16(10)19-18(15)29-37-30(19)39-36(23)43-41(27)45-32(25)34-28(17)33-31(24)44(40(26)42)55(59)57-46(33)47(34)58-56(45)60-52(43)49(39)54-50(37)53(48(51)38(29)35)61(65)62(54)66(60,6-70(3,4)68)64(58)63(57)65/h5-6H2,1-4H3. The van der Waals surface area contributed by atoms with Crippen LogP contribution in [-0.2, 0) is 10.8 Å². The Hall–Kier alpha value is -6.53. The maximum atomic E-state index is 8.29. The van der Waals surface area contributed by atoms with Crippen molar-refractivity contribution in [2.75, 3.05) is 0 Å². The average molecular weight is 936 g/mol. The quantitative estimate of drug-likeness (QED) is 0.0937. The molecule has 0 bridgehead atoms. The van der Waals surface area contributed by atoms with Gasteiger partial charge < -0.3 is 0 Å². The molecule has 0 radical (unpaired) electrons. The maximum absolute atomic E-state index is 8.29. The number of rotatable bonds is 4. The van der Waals surface area contributed by atoms with E-state index in [2.05, 4.69) is 26.2 Å². The third-order valence-electron chi connectivity index (χ3n) is 24.9. The summed E-state index contributed by atoms with van der Waals surface area (Å²) in [6, 6.07) is 2.08. The van der Waals surface area contributed by atoms with E-state index >= 15 is 0 Å². The molecule has 5 aliphatic carbocycles. The van der Waals surface area contributed by atoms with E-state index in [0.29, 0.717) is 0 Å². The van der Waals surface area contributed by atoms with Crippen LogP contribution in [0.2, 0.25) is 38.3 Å². The highest BCUT2D eigenvalue weighted by molar-refractivity contribution is 7.19. The van der Waals surface area contributed by atoms with Gasteiger partial charge in [-0.05, 0) is 326 Å². The Labute approximate surface area is 396 Å². The van der Waals surface area contributed by atoms with Crippen LogP contribution in [0.4, 0.5) is 0 Å². The fraction of sp³-hybridized carbons (Fsp3) is 0.121. The molecule has 0 saturated carbocycles. The summed E-state index contributed by atoms with van der Waals surface area (Å²) in [5.41, 5.74) is 9.74. The van der Waals surface area contributed by atoms with Crippen LogP contribution in [-0.4, -0.2) is 14.8 Å². The zero-order valence-electron chi connectivity index (χ0n) is 37.2. The lowest BCUT2D eigenvalue weighted by molar-refractivity contribution is 0.600. The summed E-state index contributed by atoms with van der Waals surface area (Å²) in [5.74, 6) is 0. The molecule has 32 rings (SSSR count). The molecule has 5 aliphatic rings. The maximum Gasteiger partial charge on any atom is 0.152 e. The first-order valence-corrected chi connectivity index (χ1v) is 34.7. The van der Waals surface area contributed by atoms with Gasteiger partial charge in [-0.15, -0.1) is 0 Å². The molecule has 0 aromatic heterocycles. The summed E-state index contributed by atoms with van der Waals surface area (Å²) in [5, 5.41) is 86.1. The lowest BCUT2D eigenvalue weighted by Gasteiger charge is -2.51. The molecule has 0 heterocycles. The Morgan fingerprint density at radius 2 is 0.286 bits per heavy atom. The van der Waals surface area contributed by atoms with Crippen molar-refractivity contribution < 1.29 is 0 Å². The second-order valence-corrected chi connectivity index (χ2v) is 41.1. The molecule has 302 valence electrons. The normalized spacial score (nSPS) is 22.4. The van der Waals surface area contributed by atoms with Crippen molar-refractivity contribution in [2.45, 2.75) is 49.1 Å². The molecule has 27 aromatic rings. The molecule has 0 N–H and O–H groups in total. The summed E-state index contributed by atoms with van der Waals surface area (Å²) in [6.07, 6.45) is 0. The van der Waals surface area contributed by atoms with Crippen molar-refractivity contribution in [1.29, 1.82) is 0 Å². The predicted molar refractivity (Wildman–Crippen MR) is 308 cm³/mol. The summed E-state index contributed by atoms with van der Waals surface area (Å²) in [6.45, 7) is 10.1. The van der Waals surface area contributed by atoms with Gasteiger partial charge in [0.1, 0.15) is 0 Å². The topological polar surface area (TPSA) is 0 Å². The van der Waals surface area contributed by atoms with Crippen molar-refractivity contribution in [1.82, 2.24) is 0 Å². The molecule has 0 amide bonds. The minimum Gasteiger partial charge on any atom is -0.168 e. The molecular formula is C66H16Cl2Si2. The highest BCUT2D eigenvalue weighted by atomic mass is 35.6. The number of hydrogen-bond acceptors (Lipinski definition) is 0. The van der Waals surface area contributed by atoms with Gasteiger partial charge in [0.25, 0.3) is 0 Å². The Kier molecular flexibility index (Phi) is 2.55. The fourth-order valence-corrected chi connectivity index (χ4v) is 30.1. The van der Waals surface area contributed by atoms with Crippen LogP contribution in [0.3, 0.4) is 0 Å². The third kappa shape index (κ3) is 1.58. The van der Waals surface area contributed by atoms with Gasteiger partial charge in [-0.25, -0.2) is 0 Å². The minimum atomic E-state index is -2.37. The third-order valence-corrected chi connectivity index (χ3v) is 28.5. The first-order chi connectivity index (χ1) is 34.1. The van der Waals surface area contributed by atoms with E-state index in [1.807, 2.05) is 0 Å². The largest absolute Gasteiger partial charge is 0.168 e. The smallest absolute Gasteiger partial charge is 0.152 e. The van der Waals surface area contributed by atoms with Crippen molar-refractivity contribution in [3.63, 3.8) is 0 Å². The molecule has 0 spiro atoms. The molecule has 0 aliphatic heterocycles. The lowest BCUT2D eigenvalue weighted by atomic mass is 9.55. The van der Waals surface area contributed by atoms with Gasteiger partial charge in [0, 0.05) is 10.8 Å². The summed E-state index contributed by atoms with van der Waals surface area (Å²) in [4.78, 5) is 0. The number of benzene rings is 17. The molecule has 4 heteroatoms. The highest BCUT2D eigenvalue weighted by Gasteiger charge is 2.67. The number of hydrogen-bond donors (Lipinski definition) is 0. The Balaban J connectivity index is 1.22. The minimum absolute atomic E-state index is 0.319. The molecule has 70 heavy (non-hydrogen) atoms. The van der Waals surface area contributed by atoms with Crippen LogP contribution in [0.1, 0.15) is 33.4 Å². The van der Waals surface area contributed by atoms with Gasteiger partial charge in [-0.1, -0.05) is 26.2 Å². The Morgan fingerprint density at radius 3 is 0.443 bits per heavy atom. The van der Waals surface area contributed by atoms with Gasteiger partial charge in [0.2, 0.25) is 0 Å². The van der Waals surface area contributed by atoms with E-state index in [1.165, 1.54) is 0 Å². The van der Waals surface area contributed by atoms with Gasteiger partial charge in [-0.3, -0.25) is 0 Å². The van der Waals surface area contributed by atoms with Crippen molar-refractivity contribution in [3.8, 4) is 0 Å². The average Bonchev–Trinajstić information content (AvgIpc) is 4.35. The van der Waals surface area contributed by atoms with E-state index < -0.39 is 14.8 Å². The van der Waals surface area contributed by atoms with Crippen molar-refractivity contribution in [2.24, 2.45) is 0 Å². The predicted octanol–water partition coefficient (Wildman–Crippen LogP) is 19.9. The van der Waals surface area contributed by atoms with Gasteiger partial charge in [-0.2, -0.15) is 22.2 Å². The van der Waals surface area contributed by atoms with E-state index in [0.717, 1.165) is 12.1 Å². The van der Waals surface area contributed by atoms with Crippen LogP contribution in [0.15, 0.2) is 0 Å². The van der Waals surface area contributed by atoms with Gasteiger partial charge in [0.05, 0.1) is 0 Å². The molecule has 0 fully saturated rings. The van der Waals surface area contributed by atoms with Crippen LogP contribution in [0.25, 0.3) is 280 Å². The first-order valence-electron chi connectivity index (χ1n) is 26.3. The first kappa shape index (κ1) is 28.4. The van der Waals surface area contributed by atoms with Crippen molar-refractivity contribution in [3.05, 3.63) is 33.4 Å². The molecule has 0 saturated heterocycles. The van der Waals surface area contributed by atoms with Crippen LogP contribution < -0.4 is 0 Å². The SMILES string of the molecule is C[Si](C)(Cl)CC12c3c4c5c6c7c8c9c%10c(c1c1c%11c2c2c%12c3c5c3c5c%12c%12c2c2c%11c%11c%13c1c%10c1c%10c9c9c7c7c6c3c3c5c5c%12c6c2c%11c2c(c%131)c1c%10c9c9c7c3c3c9c1c2c6c53)C48C[Si](C)(C)Cl. The molecule has 2 atom stereocenters. The molecule has 27 aromatic carbocycles. The summed E-state index contributed by atoms with van der Waals surface area (Å²) < 4.78 is 0. The van der Waals surface area contributed by atoms with Crippen LogP contribution in [0, 0.1) is 0 Å². The molecular weight excluding hydrogens is 920 g/mol. The highest BCUT2D eigenvalue weighted by Crippen LogP contribution is 2.85. The zero-order valence-corrected chi connectivity index (χ0v) is 40.7. The van der Waals surface area contributed by atoms with Crippen LogP contribution >= 0.6 is 22.2 Å². The van der Waals surface area contributed by atoms with Crippen LogP contribution in [0.5, 0.6) is 0 Å². The van der Waals surface area contributed by atoms with E-state index in [-0.39, 0.29) is 10.8 Å². The Bertz CT molecular complexity index is 6830. The van der Waals surface area contributed by atoms with Gasteiger partial charge in [0.15, 0.2) is 14.8 Å². The Morgan fingerprint density at radius 1 is 0.186 bits per heavy atom. The van der Waals surface area contributed by atoms with E-state index in [4.69, 9.17) is 22.2 Å². The van der Waals surface area contributed by atoms with E-state index in [9.17, 15) is 0 Å². The number of halogens is 2. The van der Waals surface area contributed by atoms with E-state index in [1.54, 1.807) is 313 Å². The zero-order chi connectivity index (χ0) is 42.9. The summed E-state index contributed by atoms with van der Waals surface area (Å²) >= 11 is 16.6. The monoisotopic (exact) mass is 934 g/mol. The van der Waals surface area contributed by atoms with Crippen molar-refractivity contribution >= 4 is 317 Å². The fourth-order valence-electron chi connectivity index (χ4n) is 25.4. The lowest BCUT2D eigenvalue weighted by Crippen LogP contribution is -2.47. The molecule has 2 unspecified atom stereocenters. The van der Waals surface area contributed by atoms with Gasteiger partial charge >= 0.3 is 0 Å². The second kappa shape index (κ2) is 6.31. The summed E-state index contributed by atoms with van der Waals surface area (Å²) in [7, 11) is -4.73. The second-order valence-electron chi connectivity index (χ2n) is 27.4.